The van der Waals surface area contributed by atoms with Crippen LogP contribution in [-0.4, -0.2) is 17.6 Å². The van der Waals surface area contributed by atoms with Gasteiger partial charge in [0.15, 0.2) is 0 Å². The molecule has 0 aliphatic carbocycles. The summed E-state index contributed by atoms with van der Waals surface area (Å²) in [5.74, 6) is -0.966. The van der Waals surface area contributed by atoms with Gasteiger partial charge in [0.1, 0.15) is 0 Å². The highest BCUT2D eigenvalue weighted by Crippen LogP contribution is 2.34. The summed E-state index contributed by atoms with van der Waals surface area (Å²) < 4.78 is 0. The fourth-order valence-corrected chi connectivity index (χ4v) is 2.27. The van der Waals surface area contributed by atoms with Gasteiger partial charge in [-0.2, -0.15) is 0 Å². The molecule has 0 spiro atoms. The average Bonchev–Trinajstić information content (AvgIpc) is 2.74. The van der Waals surface area contributed by atoms with Gasteiger partial charge in [-0.3, -0.25) is 0 Å². The molecular formula is C11H13ClN2O2. The van der Waals surface area contributed by atoms with Gasteiger partial charge in [0.2, 0.25) is 0 Å². The van der Waals surface area contributed by atoms with E-state index in [0.717, 1.165) is 19.4 Å². The molecule has 1 aromatic carbocycles. The molecule has 4 N–H and O–H groups in total. The van der Waals surface area contributed by atoms with Crippen molar-refractivity contribution in [3.63, 3.8) is 0 Å². The Balaban J connectivity index is 2.53. The molecule has 1 fully saturated rings. The molecule has 0 unspecified atom stereocenters. The summed E-state index contributed by atoms with van der Waals surface area (Å²) in [6.07, 6.45) is 1.92. The Hall–Kier alpha value is -1.26. The van der Waals surface area contributed by atoms with Gasteiger partial charge in [0, 0.05) is 11.6 Å². The van der Waals surface area contributed by atoms with Gasteiger partial charge in [-0.1, -0.05) is 11.6 Å². The highest BCUT2D eigenvalue weighted by atomic mass is 35.5. The zero-order chi connectivity index (χ0) is 11.7. The summed E-state index contributed by atoms with van der Waals surface area (Å²) in [4.78, 5) is 11.1. The quantitative estimate of drug-likeness (QED) is 0.692. The van der Waals surface area contributed by atoms with E-state index in [1.807, 2.05) is 0 Å². The van der Waals surface area contributed by atoms with Gasteiger partial charge >= 0.3 is 5.97 Å². The Bertz CT molecular complexity index is 428. The van der Waals surface area contributed by atoms with Crippen LogP contribution in [0.3, 0.4) is 0 Å². The standard InChI is InChI=1S/C11H13ClN2O2/c12-7-4-3-6(11(15)16)9(10(7)13)8-2-1-5-14-8/h3-4,8,14H,1-2,5,13H2,(H,15,16)/t8-/m1/s1. The fourth-order valence-electron chi connectivity index (χ4n) is 2.10. The number of nitrogens with two attached hydrogens (primary N) is 1. The monoisotopic (exact) mass is 240 g/mol. The van der Waals surface area contributed by atoms with Crippen LogP contribution >= 0.6 is 11.6 Å². The molecule has 0 aromatic heterocycles. The molecule has 4 nitrogen and oxygen atoms in total. The lowest BCUT2D eigenvalue weighted by Gasteiger charge is -2.17. The largest absolute Gasteiger partial charge is 0.478 e. The van der Waals surface area contributed by atoms with E-state index in [1.165, 1.54) is 12.1 Å². The van der Waals surface area contributed by atoms with E-state index in [1.54, 1.807) is 0 Å². The van der Waals surface area contributed by atoms with Gasteiger partial charge in [-0.25, -0.2) is 4.79 Å². The topological polar surface area (TPSA) is 75.4 Å². The summed E-state index contributed by atoms with van der Waals surface area (Å²) in [6, 6.07) is 3.04. The summed E-state index contributed by atoms with van der Waals surface area (Å²) in [5, 5.41) is 12.8. The molecule has 16 heavy (non-hydrogen) atoms. The van der Waals surface area contributed by atoms with Crippen molar-refractivity contribution in [2.75, 3.05) is 12.3 Å². The molecule has 1 aliphatic rings. The number of carboxylic acids is 1. The van der Waals surface area contributed by atoms with Crippen LogP contribution in [0.1, 0.15) is 34.8 Å². The van der Waals surface area contributed by atoms with Crippen LogP contribution < -0.4 is 11.1 Å². The summed E-state index contributed by atoms with van der Waals surface area (Å²) in [5.41, 5.74) is 7.10. The maximum Gasteiger partial charge on any atom is 0.336 e. The van der Waals surface area contributed by atoms with Gasteiger partial charge in [-0.15, -0.1) is 0 Å². The van der Waals surface area contributed by atoms with E-state index in [-0.39, 0.29) is 11.6 Å². The maximum atomic E-state index is 11.1. The second-order valence-electron chi connectivity index (χ2n) is 3.88. The first-order valence-electron chi connectivity index (χ1n) is 5.16. The molecule has 2 rings (SSSR count). The summed E-state index contributed by atoms with van der Waals surface area (Å²) >= 11 is 5.92. The molecule has 5 heteroatoms. The van der Waals surface area contributed by atoms with Crippen molar-refractivity contribution in [3.05, 3.63) is 28.3 Å². The Kier molecular flexibility index (Phi) is 3.03. The van der Waals surface area contributed by atoms with Crippen LogP contribution in [0.25, 0.3) is 0 Å². The number of halogens is 1. The number of nitrogen functional groups attached to an aromatic ring is 1. The number of carboxylic acid groups (broad SMARTS) is 1. The average molecular weight is 241 g/mol. The molecule has 86 valence electrons. The van der Waals surface area contributed by atoms with E-state index in [2.05, 4.69) is 5.32 Å². The first-order chi connectivity index (χ1) is 7.61. The number of hydrogen-bond acceptors (Lipinski definition) is 3. The third-order valence-corrected chi connectivity index (χ3v) is 3.20. The molecule has 1 aliphatic heterocycles. The minimum atomic E-state index is -0.966. The molecule has 0 saturated carbocycles. The molecule has 0 amide bonds. The second-order valence-corrected chi connectivity index (χ2v) is 4.28. The third kappa shape index (κ3) is 1.86. The van der Waals surface area contributed by atoms with Gasteiger partial charge < -0.3 is 16.2 Å². The smallest absolute Gasteiger partial charge is 0.336 e. The number of carbonyl (C=O) groups is 1. The number of anilines is 1. The molecule has 0 bridgehead atoms. The van der Waals surface area contributed by atoms with Crippen molar-refractivity contribution in [2.45, 2.75) is 18.9 Å². The Morgan fingerprint density at radius 2 is 2.31 bits per heavy atom. The fraction of sp³-hybridized carbons (Fsp3) is 0.364. The van der Waals surface area contributed by atoms with E-state index in [0.29, 0.717) is 16.3 Å². The van der Waals surface area contributed by atoms with Crippen molar-refractivity contribution < 1.29 is 9.90 Å². The van der Waals surface area contributed by atoms with Crippen molar-refractivity contribution in [2.24, 2.45) is 0 Å². The summed E-state index contributed by atoms with van der Waals surface area (Å²) in [7, 11) is 0. The van der Waals surface area contributed by atoms with Crippen LogP contribution in [0.5, 0.6) is 0 Å². The van der Waals surface area contributed by atoms with E-state index < -0.39 is 5.97 Å². The van der Waals surface area contributed by atoms with E-state index >= 15 is 0 Å². The van der Waals surface area contributed by atoms with Crippen molar-refractivity contribution in [1.29, 1.82) is 0 Å². The predicted octanol–water partition coefficient (Wildman–Crippen LogP) is 2.04. The molecule has 1 aromatic rings. The molecule has 1 atom stereocenters. The first-order valence-corrected chi connectivity index (χ1v) is 5.53. The third-order valence-electron chi connectivity index (χ3n) is 2.87. The van der Waals surface area contributed by atoms with Crippen LogP contribution in [0, 0.1) is 0 Å². The van der Waals surface area contributed by atoms with E-state index in [9.17, 15) is 4.79 Å². The Morgan fingerprint density at radius 1 is 1.56 bits per heavy atom. The summed E-state index contributed by atoms with van der Waals surface area (Å²) in [6.45, 7) is 0.885. The number of nitrogens with one attached hydrogen (secondary N) is 1. The Morgan fingerprint density at radius 3 is 2.88 bits per heavy atom. The molecule has 0 radical (unpaired) electrons. The van der Waals surface area contributed by atoms with Gasteiger partial charge in [0.25, 0.3) is 0 Å². The molecule has 1 heterocycles. The van der Waals surface area contributed by atoms with Crippen LogP contribution in [0.15, 0.2) is 12.1 Å². The number of benzene rings is 1. The molecular weight excluding hydrogens is 228 g/mol. The van der Waals surface area contributed by atoms with Crippen LogP contribution in [0.4, 0.5) is 5.69 Å². The normalized spacial score (nSPS) is 19.9. The van der Waals surface area contributed by atoms with Crippen LogP contribution in [-0.2, 0) is 0 Å². The minimum absolute atomic E-state index is 0.00444. The Labute approximate surface area is 98.4 Å². The highest BCUT2D eigenvalue weighted by Gasteiger charge is 2.25. The number of aromatic carboxylic acids is 1. The number of hydrogen-bond donors (Lipinski definition) is 3. The van der Waals surface area contributed by atoms with Gasteiger partial charge in [-0.05, 0) is 31.5 Å². The lowest BCUT2D eigenvalue weighted by atomic mass is 9.97. The lowest BCUT2D eigenvalue weighted by molar-refractivity contribution is 0.0695. The zero-order valence-electron chi connectivity index (χ0n) is 8.66. The minimum Gasteiger partial charge on any atom is -0.478 e. The maximum absolute atomic E-state index is 11.1. The zero-order valence-corrected chi connectivity index (χ0v) is 9.42. The van der Waals surface area contributed by atoms with E-state index in [4.69, 9.17) is 22.4 Å². The first kappa shape index (κ1) is 11.2. The van der Waals surface area contributed by atoms with Gasteiger partial charge in [0.05, 0.1) is 16.3 Å². The number of rotatable bonds is 2. The predicted molar refractivity (Wildman–Crippen MR) is 62.8 cm³/mol. The van der Waals surface area contributed by atoms with Crippen molar-refractivity contribution in [3.8, 4) is 0 Å². The molecule has 1 saturated heterocycles. The van der Waals surface area contributed by atoms with Crippen molar-refractivity contribution in [1.82, 2.24) is 5.32 Å². The van der Waals surface area contributed by atoms with Crippen LogP contribution in [0.2, 0.25) is 5.02 Å². The lowest BCUT2D eigenvalue weighted by Crippen LogP contribution is -2.18. The SMILES string of the molecule is Nc1c(Cl)ccc(C(=O)O)c1[C@H]1CCCN1. The highest BCUT2D eigenvalue weighted by molar-refractivity contribution is 6.33. The van der Waals surface area contributed by atoms with Crippen molar-refractivity contribution >= 4 is 23.3 Å². The second kappa shape index (κ2) is 4.31.